The first-order chi connectivity index (χ1) is 13.2. The number of benzene rings is 2. The van der Waals surface area contributed by atoms with E-state index >= 15 is 0 Å². The van der Waals surface area contributed by atoms with Crippen LogP contribution in [-0.2, 0) is 10.0 Å². The fourth-order valence-corrected chi connectivity index (χ4v) is 4.15. The summed E-state index contributed by atoms with van der Waals surface area (Å²) in [6.07, 6.45) is -2.82. The van der Waals surface area contributed by atoms with Crippen molar-refractivity contribution in [1.82, 2.24) is 14.8 Å². The molecule has 2 N–H and O–H groups in total. The molecule has 2 heterocycles. The smallest absolute Gasteiger partial charge is 0.231 e. The number of sulfonamides is 1. The second-order valence-electron chi connectivity index (χ2n) is 5.81. The number of hydrogen-bond acceptors (Lipinski definition) is 5. The molecule has 0 spiro atoms. The van der Waals surface area contributed by atoms with Crippen molar-refractivity contribution in [3.63, 3.8) is 0 Å². The maximum Gasteiger partial charge on any atom is 0.282 e. The van der Waals surface area contributed by atoms with E-state index in [9.17, 15) is 21.6 Å². The molecule has 0 fully saturated rings. The van der Waals surface area contributed by atoms with Crippen molar-refractivity contribution < 1.29 is 21.6 Å². The number of primary sulfonamides is 1. The minimum Gasteiger partial charge on any atom is -0.231 e. The highest BCUT2D eigenvalue weighted by molar-refractivity contribution is 7.89. The van der Waals surface area contributed by atoms with Crippen molar-refractivity contribution in [3.05, 3.63) is 60.0 Å². The molecule has 144 valence electrons. The van der Waals surface area contributed by atoms with Crippen LogP contribution in [0, 0.1) is 5.82 Å². The van der Waals surface area contributed by atoms with Crippen LogP contribution in [-0.4, -0.2) is 23.2 Å². The van der Waals surface area contributed by atoms with Crippen LogP contribution in [0.2, 0.25) is 0 Å². The topological polar surface area (TPSA) is 90.9 Å². The Kier molecular flexibility index (Phi) is 4.44. The molecule has 0 aliphatic carbocycles. The normalized spacial score (nSPS) is 12.2. The van der Waals surface area contributed by atoms with Crippen molar-refractivity contribution >= 4 is 31.6 Å². The van der Waals surface area contributed by atoms with Gasteiger partial charge in [0.1, 0.15) is 27.7 Å². The van der Waals surface area contributed by atoms with Crippen LogP contribution < -0.4 is 5.14 Å². The molecule has 0 unspecified atom stereocenters. The van der Waals surface area contributed by atoms with Gasteiger partial charge in [-0.25, -0.2) is 36.4 Å². The number of aromatic nitrogens is 3. The lowest BCUT2D eigenvalue weighted by Gasteiger charge is -2.06. The first-order valence-corrected chi connectivity index (χ1v) is 10.2. The quantitative estimate of drug-likeness (QED) is 0.538. The molecule has 0 bridgehead atoms. The molecule has 4 rings (SSSR count). The summed E-state index contributed by atoms with van der Waals surface area (Å²) in [5, 5.41) is 9.27. The van der Waals surface area contributed by atoms with Gasteiger partial charge in [-0.3, -0.25) is 0 Å². The highest BCUT2D eigenvalue weighted by Crippen LogP contribution is 2.34. The fraction of sp³-hybridized carbons (Fsp3) is 0.0588. The van der Waals surface area contributed by atoms with Crippen LogP contribution in [0.15, 0.2) is 53.4 Å². The Hall–Kier alpha value is -2.76. The zero-order valence-electron chi connectivity index (χ0n) is 13.9. The third-order valence-corrected chi connectivity index (χ3v) is 5.92. The van der Waals surface area contributed by atoms with Crippen molar-refractivity contribution in [3.8, 4) is 16.4 Å². The summed E-state index contributed by atoms with van der Waals surface area (Å²) in [5.41, 5.74) is 0.219. The number of thiazole rings is 1. The number of fused-ring (bicyclic) bond motifs is 1. The molecule has 6 nitrogen and oxygen atoms in total. The second-order valence-corrected chi connectivity index (χ2v) is 8.40. The minimum atomic E-state index is -3.90. The van der Waals surface area contributed by atoms with Crippen LogP contribution in [0.4, 0.5) is 13.2 Å². The monoisotopic (exact) mass is 424 g/mol. The van der Waals surface area contributed by atoms with Crippen molar-refractivity contribution in [2.75, 3.05) is 0 Å². The van der Waals surface area contributed by atoms with Crippen molar-refractivity contribution in [2.45, 2.75) is 11.3 Å². The van der Waals surface area contributed by atoms with Gasteiger partial charge in [0.15, 0.2) is 0 Å². The van der Waals surface area contributed by atoms with E-state index in [1.54, 1.807) is 6.07 Å². The Morgan fingerprint density at radius 3 is 2.43 bits per heavy atom. The van der Waals surface area contributed by atoms with Crippen LogP contribution in [0.25, 0.3) is 26.6 Å². The summed E-state index contributed by atoms with van der Waals surface area (Å²) in [6, 6.07) is 10.9. The van der Waals surface area contributed by atoms with Gasteiger partial charge in [-0.15, -0.1) is 11.3 Å². The number of halogens is 3. The Balaban J connectivity index is 1.89. The Bertz CT molecular complexity index is 1280. The van der Waals surface area contributed by atoms with Gasteiger partial charge in [0, 0.05) is 0 Å². The second kappa shape index (κ2) is 6.69. The van der Waals surface area contributed by atoms with E-state index in [2.05, 4.69) is 10.1 Å². The van der Waals surface area contributed by atoms with Gasteiger partial charge < -0.3 is 0 Å². The molecule has 11 heteroatoms. The van der Waals surface area contributed by atoms with E-state index in [1.807, 2.05) is 0 Å². The van der Waals surface area contributed by atoms with Gasteiger partial charge in [0.25, 0.3) is 6.43 Å². The van der Waals surface area contributed by atoms with Crippen LogP contribution in [0.3, 0.4) is 0 Å². The van der Waals surface area contributed by atoms with Crippen molar-refractivity contribution in [2.24, 2.45) is 5.14 Å². The molecule has 0 saturated carbocycles. The molecule has 0 atom stereocenters. The summed E-state index contributed by atoms with van der Waals surface area (Å²) in [7, 11) is -3.90. The maximum absolute atomic E-state index is 14.0. The van der Waals surface area contributed by atoms with E-state index in [0.717, 1.165) is 11.3 Å². The average Bonchev–Trinajstić information content (AvgIpc) is 3.26. The van der Waals surface area contributed by atoms with Crippen molar-refractivity contribution in [1.29, 1.82) is 0 Å². The van der Waals surface area contributed by atoms with E-state index in [1.165, 1.54) is 47.1 Å². The Labute approximate surface area is 161 Å². The first kappa shape index (κ1) is 18.6. The molecule has 0 amide bonds. The number of alkyl halides is 2. The zero-order chi connectivity index (χ0) is 20.1. The number of hydrogen-bond donors (Lipinski definition) is 1. The largest absolute Gasteiger partial charge is 0.282 e. The molecule has 0 saturated heterocycles. The van der Waals surface area contributed by atoms with E-state index in [-0.39, 0.29) is 16.1 Å². The van der Waals surface area contributed by atoms with Gasteiger partial charge in [-0.2, -0.15) is 5.10 Å². The molecule has 2 aromatic heterocycles. The number of nitrogens with zero attached hydrogens (tertiary/aromatic N) is 3. The highest BCUT2D eigenvalue weighted by atomic mass is 32.2. The number of nitrogens with two attached hydrogens (primary N) is 1. The highest BCUT2D eigenvalue weighted by Gasteiger charge is 2.21. The minimum absolute atomic E-state index is 0.124. The molecule has 4 aromatic rings. The summed E-state index contributed by atoms with van der Waals surface area (Å²) in [4.78, 5) is 4.10. The Morgan fingerprint density at radius 1 is 1.11 bits per heavy atom. The summed E-state index contributed by atoms with van der Waals surface area (Å²) in [5.74, 6) is -0.516. The predicted molar refractivity (Wildman–Crippen MR) is 98.5 cm³/mol. The lowest BCUT2D eigenvalue weighted by atomic mass is 10.3. The molecule has 28 heavy (non-hydrogen) atoms. The molecule has 0 aliphatic rings. The third-order valence-electron chi connectivity index (χ3n) is 3.95. The lowest BCUT2D eigenvalue weighted by Crippen LogP contribution is -2.12. The molecule has 2 aromatic carbocycles. The molecular formula is C17H11F3N4O2S2. The van der Waals surface area contributed by atoms with E-state index in [4.69, 9.17) is 5.14 Å². The standard InChI is InChI=1S/C17H11F3N4O2S2/c18-11-2-1-3-14-15(11)22-17(27-14)13-8-12(16(19)20)23-24(13)9-4-6-10(7-5-9)28(21,25)26/h1-8,16H,(H2,21,25,26). The number of rotatable bonds is 4. The van der Waals surface area contributed by atoms with Gasteiger partial charge in [0.2, 0.25) is 10.0 Å². The van der Waals surface area contributed by atoms with Gasteiger partial charge in [-0.05, 0) is 42.5 Å². The predicted octanol–water partition coefficient (Wildman–Crippen LogP) is 3.87. The lowest BCUT2D eigenvalue weighted by molar-refractivity contribution is 0.145. The van der Waals surface area contributed by atoms with Gasteiger partial charge in [-0.1, -0.05) is 6.07 Å². The maximum atomic E-state index is 14.0. The summed E-state index contributed by atoms with van der Waals surface area (Å²) in [6.45, 7) is 0. The van der Waals surface area contributed by atoms with Crippen LogP contribution in [0.5, 0.6) is 0 Å². The van der Waals surface area contributed by atoms with Crippen LogP contribution >= 0.6 is 11.3 Å². The van der Waals surface area contributed by atoms with E-state index in [0.29, 0.717) is 15.4 Å². The SMILES string of the molecule is NS(=O)(=O)c1ccc(-n2nc(C(F)F)cc2-c2nc3c(F)cccc3s2)cc1. The fourth-order valence-electron chi connectivity index (χ4n) is 2.66. The summed E-state index contributed by atoms with van der Waals surface area (Å²) < 4.78 is 65.0. The molecule has 0 radical (unpaired) electrons. The van der Waals surface area contributed by atoms with Gasteiger partial charge >= 0.3 is 0 Å². The number of para-hydroxylation sites is 1. The zero-order valence-corrected chi connectivity index (χ0v) is 15.5. The van der Waals surface area contributed by atoms with Gasteiger partial charge in [0.05, 0.1) is 15.3 Å². The first-order valence-electron chi connectivity index (χ1n) is 7.81. The van der Waals surface area contributed by atoms with Crippen LogP contribution in [0.1, 0.15) is 12.1 Å². The molecule has 0 aliphatic heterocycles. The average molecular weight is 424 g/mol. The van der Waals surface area contributed by atoms with E-state index < -0.39 is 28.0 Å². The molecular weight excluding hydrogens is 413 g/mol. The third kappa shape index (κ3) is 3.28. The Morgan fingerprint density at radius 2 is 1.82 bits per heavy atom. The summed E-state index contributed by atoms with van der Waals surface area (Å²) >= 11 is 1.13.